The maximum absolute atomic E-state index is 13.2. The van der Waals surface area contributed by atoms with E-state index in [9.17, 15) is 26.4 Å². The first-order valence-electron chi connectivity index (χ1n) is 9.21. The van der Waals surface area contributed by atoms with Crippen LogP contribution in [0.4, 0.5) is 24.5 Å². The Hall–Kier alpha value is -3.34. The van der Waals surface area contributed by atoms with Crippen molar-refractivity contribution in [3.05, 3.63) is 66.0 Å². The molecule has 162 valence electrons. The molecule has 0 spiro atoms. The Morgan fingerprint density at radius 2 is 1.87 bits per heavy atom. The van der Waals surface area contributed by atoms with Crippen LogP contribution in [0.2, 0.25) is 0 Å². The lowest BCUT2D eigenvalue weighted by Crippen LogP contribution is -2.25. The summed E-state index contributed by atoms with van der Waals surface area (Å²) in [6.07, 6.45) is -1.24. The summed E-state index contributed by atoms with van der Waals surface area (Å²) < 4.78 is 69.2. The summed E-state index contributed by atoms with van der Waals surface area (Å²) in [7, 11) is -4.21. The molecule has 11 heteroatoms. The summed E-state index contributed by atoms with van der Waals surface area (Å²) in [6, 6.07) is 8.60. The van der Waals surface area contributed by atoms with Crippen molar-refractivity contribution in [2.75, 3.05) is 16.2 Å². The molecule has 4 rings (SSSR count). The molecular formula is C20H17F3N4O3S. The first kappa shape index (κ1) is 20.9. The van der Waals surface area contributed by atoms with Gasteiger partial charge < -0.3 is 4.90 Å². The third-order valence-corrected chi connectivity index (χ3v) is 6.32. The van der Waals surface area contributed by atoms with E-state index in [1.807, 2.05) is 0 Å². The van der Waals surface area contributed by atoms with Crippen LogP contribution in [0.25, 0.3) is 5.69 Å². The largest absolute Gasteiger partial charge is 0.416 e. The number of anilines is 2. The predicted molar refractivity (Wildman–Crippen MR) is 108 cm³/mol. The Bertz CT molecular complexity index is 1260. The van der Waals surface area contributed by atoms with E-state index in [1.54, 1.807) is 11.0 Å². The van der Waals surface area contributed by atoms with Gasteiger partial charge in [-0.3, -0.25) is 9.52 Å². The van der Waals surface area contributed by atoms with E-state index in [4.69, 9.17) is 0 Å². The third kappa shape index (κ3) is 4.00. The average molecular weight is 450 g/mol. The minimum absolute atomic E-state index is 0.111. The fourth-order valence-corrected chi connectivity index (χ4v) is 4.60. The fourth-order valence-electron chi connectivity index (χ4n) is 3.48. The van der Waals surface area contributed by atoms with Crippen molar-refractivity contribution < 1.29 is 26.4 Å². The zero-order valence-corrected chi connectivity index (χ0v) is 17.0. The quantitative estimate of drug-likeness (QED) is 0.658. The normalized spacial score (nSPS) is 13.9. The number of hydrogen-bond donors (Lipinski definition) is 1. The molecule has 0 unspecified atom stereocenters. The molecule has 0 saturated carbocycles. The second-order valence-corrected chi connectivity index (χ2v) is 8.68. The number of rotatable bonds is 4. The Morgan fingerprint density at radius 3 is 2.52 bits per heavy atom. The number of nitrogens with zero attached hydrogens (tertiary/aromatic N) is 3. The first-order chi connectivity index (χ1) is 14.6. The maximum atomic E-state index is 13.2. The molecule has 0 atom stereocenters. The number of amides is 1. The molecule has 1 aliphatic heterocycles. The van der Waals surface area contributed by atoms with Gasteiger partial charge in [0, 0.05) is 31.5 Å². The molecule has 0 saturated heterocycles. The van der Waals surface area contributed by atoms with Crippen molar-refractivity contribution in [2.45, 2.75) is 24.4 Å². The molecule has 0 aliphatic carbocycles. The monoisotopic (exact) mass is 450 g/mol. The zero-order valence-electron chi connectivity index (χ0n) is 16.2. The topological polar surface area (TPSA) is 84.3 Å². The minimum Gasteiger partial charge on any atom is -0.312 e. The SMILES string of the molecule is CC(=O)N1CCc2cc(S(=O)(=O)Nc3cc(C(F)(F)F)ccc3-n3cccn3)ccc21. The molecule has 31 heavy (non-hydrogen) atoms. The van der Waals surface area contributed by atoms with Crippen molar-refractivity contribution >= 4 is 27.3 Å². The summed E-state index contributed by atoms with van der Waals surface area (Å²) in [6.45, 7) is 1.87. The van der Waals surface area contributed by atoms with Crippen LogP contribution in [-0.2, 0) is 27.4 Å². The summed E-state index contributed by atoms with van der Waals surface area (Å²) in [4.78, 5) is 13.1. The Labute approximate surface area is 176 Å². The summed E-state index contributed by atoms with van der Waals surface area (Å²) in [5.41, 5.74) is 0.194. The lowest BCUT2D eigenvalue weighted by molar-refractivity contribution is -0.137. The molecule has 2 aromatic carbocycles. The highest BCUT2D eigenvalue weighted by atomic mass is 32.2. The average Bonchev–Trinajstić information content (AvgIpc) is 3.36. The van der Waals surface area contributed by atoms with E-state index in [0.717, 1.165) is 18.2 Å². The highest BCUT2D eigenvalue weighted by Crippen LogP contribution is 2.35. The standard InChI is InChI=1S/C20H17F3N4O3S/c1-13(28)26-10-7-14-11-16(4-6-18(14)26)31(29,30)25-17-12-15(20(21,22)23)3-5-19(17)27-9-2-8-24-27/h2-6,8-9,11-12,25H,7,10H2,1H3. The van der Waals surface area contributed by atoms with Gasteiger partial charge in [-0.2, -0.15) is 18.3 Å². The maximum Gasteiger partial charge on any atom is 0.416 e. The molecule has 1 aromatic heterocycles. The van der Waals surface area contributed by atoms with E-state index in [-0.39, 0.29) is 22.2 Å². The van der Waals surface area contributed by atoms with Gasteiger partial charge in [-0.15, -0.1) is 0 Å². The van der Waals surface area contributed by atoms with Gasteiger partial charge in [0.1, 0.15) is 0 Å². The van der Waals surface area contributed by atoms with Gasteiger partial charge in [-0.05, 0) is 54.4 Å². The number of alkyl halides is 3. The molecule has 0 bridgehead atoms. The Morgan fingerprint density at radius 1 is 1.13 bits per heavy atom. The number of benzene rings is 2. The van der Waals surface area contributed by atoms with Gasteiger partial charge in [-0.1, -0.05) is 0 Å². The molecule has 7 nitrogen and oxygen atoms in total. The minimum atomic E-state index is -4.65. The van der Waals surface area contributed by atoms with Gasteiger partial charge in [0.2, 0.25) is 5.91 Å². The lowest BCUT2D eigenvalue weighted by Gasteiger charge is -2.17. The Kier molecular flexibility index (Phi) is 5.00. The number of nitrogens with one attached hydrogen (secondary N) is 1. The van der Waals surface area contributed by atoms with E-state index in [2.05, 4.69) is 9.82 Å². The number of carbonyl (C=O) groups is 1. The highest BCUT2D eigenvalue weighted by molar-refractivity contribution is 7.92. The van der Waals surface area contributed by atoms with Crippen LogP contribution in [0.1, 0.15) is 18.1 Å². The first-order valence-corrected chi connectivity index (χ1v) is 10.7. The van der Waals surface area contributed by atoms with Crippen molar-refractivity contribution in [1.82, 2.24) is 9.78 Å². The summed E-state index contributed by atoms with van der Waals surface area (Å²) in [5, 5.41) is 3.98. The number of carbonyl (C=O) groups excluding carboxylic acids is 1. The second-order valence-electron chi connectivity index (χ2n) is 7.00. The second kappa shape index (κ2) is 7.41. The van der Waals surface area contributed by atoms with Crippen LogP contribution >= 0.6 is 0 Å². The number of halogens is 3. The van der Waals surface area contributed by atoms with Gasteiger partial charge in [0.15, 0.2) is 0 Å². The number of aromatic nitrogens is 2. The van der Waals surface area contributed by atoms with Crippen LogP contribution in [0.5, 0.6) is 0 Å². The van der Waals surface area contributed by atoms with Crippen molar-refractivity contribution in [3.8, 4) is 5.69 Å². The molecule has 3 aromatic rings. The van der Waals surface area contributed by atoms with Crippen molar-refractivity contribution in [1.29, 1.82) is 0 Å². The molecule has 1 aliphatic rings. The van der Waals surface area contributed by atoms with Gasteiger partial charge in [0.05, 0.1) is 21.8 Å². The number of hydrogen-bond acceptors (Lipinski definition) is 4. The molecule has 0 radical (unpaired) electrons. The van der Waals surface area contributed by atoms with Gasteiger partial charge in [0.25, 0.3) is 10.0 Å². The van der Waals surface area contributed by atoms with Crippen molar-refractivity contribution in [2.24, 2.45) is 0 Å². The van der Waals surface area contributed by atoms with Crippen LogP contribution < -0.4 is 9.62 Å². The fraction of sp³-hybridized carbons (Fsp3) is 0.200. The highest BCUT2D eigenvalue weighted by Gasteiger charge is 2.32. The van der Waals surface area contributed by atoms with Gasteiger partial charge >= 0.3 is 6.18 Å². The number of fused-ring (bicyclic) bond motifs is 1. The summed E-state index contributed by atoms with van der Waals surface area (Å²) >= 11 is 0. The smallest absolute Gasteiger partial charge is 0.312 e. The van der Waals surface area contributed by atoms with Crippen LogP contribution in [0, 0.1) is 0 Å². The Balaban J connectivity index is 1.74. The lowest BCUT2D eigenvalue weighted by atomic mass is 10.1. The van der Waals surface area contributed by atoms with E-state index >= 15 is 0 Å². The molecule has 1 N–H and O–H groups in total. The van der Waals surface area contributed by atoms with E-state index in [1.165, 1.54) is 42.2 Å². The number of sulfonamides is 1. The van der Waals surface area contributed by atoms with Gasteiger partial charge in [-0.25, -0.2) is 13.1 Å². The summed E-state index contributed by atoms with van der Waals surface area (Å²) in [5.74, 6) is -0.152. The molecule has 2 heterocycles. The molecule has 0 fully saturated rings. The van der Waals surface area contributed by atoms with Crippen LogP contribution in [0.15, 0.2) is 59.8 Å². The molecular weight excluding hydrogens is 433 g/mol. The van der Waals surface area contributed by atoms with Crippen LogP contribution in [0.3, 0.4) is 0 Å². The predicted octanol–water partition coefficient (Wildman–Crippen LogP) is 3.60. The van der Waals surface area contributed by atoms with E-state index < -0.39 is 21.8 Å². The third-order valence-electron chi connectivity index (χ3n) is 4.96. The molecule has 1 amide bonds. The van der Waals surface area contributed by atoms with Crippen molar-refractivity contribution in [3.63, 3.8) is 0 Å². The van der Waals surface area contributed by atoms with E-state index in [0.29, 0.717) is 24.2 Å². The van der Waals surface area contributed by atoms with Crippen LogP contribution in [-0.4, -0.2) is 30.7 Å². The zero-order chi connectivity index (χ0) is 22.4.